The maximum atomic E-state index is 11.7. The van der Waals surface area contributed by atoms with Gasteiger partial charge in [-0.15, -0.1) is 0 Å². The fourth-order valence-corrected chi connectivity index (χ4v) is 1.45. The molecule has 0 unspecified atom stereocenters. The lowest BCUT2D eigenvalue weighted by molar-refractivity contribution is -0.124. The number of Topliss-reactive ketones (excluding diaryl/α,β-unsaturated/α-hetero) is 1. The minimum Gasteiger partial charge on any atom is -0.399 e. The number of nitrogens with two attached hydrogens (primary N) is 1. The lowest BCUT2D eigenvalue weighted by Gasteiger charge is -2.06. The maximum absolute atomic E-state index is 11.7. The molecule has 0 aliphatic carbocycles. The Labute approximate surface area is 112 Å². The van der Waals surface area contributed by atoms with E-state index in [2.05, 4.69) is 15.4 Å². The van der Waals surface area contributed by atoms with Gasteiger partial charge < -0.3 is 21.1 Å². The third kappa shape index (κ3) is 5.98. The van der Waals surface area contributed by atoms with E-state index in [9.17, 15) is 9.59 Å². The molecular formula is C13H19N3O3. The average Bonchev–Trinajstić information content (AvgIpc) is 2.39. The summed E-state index contributed by atoms with van der Waals surface area (Å²) in [5.41, 5.74) is 6.79. The SMILES string of the molecule is COCC(=O)NCCNCC(=O)c1ccc(N)cc1. The van der Waals surface area contributed by atoms with Gasteiger partial charge in [0.2, 0.25) is 5.91 Å². The molecule has 0 aliphatic heterocycles. The summed E-state index contributed by atoms with van der Waals surface area (Å²) in [6.45, 7) is 1.25. The minimum atomic E-state index is -0.172. The van der Waals surface area contributed by atoms with Crippen LogP contribution in [0, 0.1) is 0 Å². The molecule has 0 aromatic heterocycles. The fraction of sp³-hybridized carbons (Fsp3) is 0.385. The van der Waals surface area contributed by atoms with Crippen LogP contribution < -0.4 is 16.4 Å². The Balaban J connectivity index is 2.17. The van der Waals surface area contributed by atoms with E-state index in [1.54, 1.807) is 24.3 Å². The van der Waals surface area contributed by atoms with Gasteiger partial charge in [-0.3, -0.25) is 9.59 Å². The van der Waals surface area contributed by atoms with Crippen LogP contribution in [-0.4, -0.2) is 45.0 Å². The molecular weight excluding hydrogens is 246 g/mol. The Hall–Kier alpha value is -1.92. The van der Waals surface area contributed by atoms with Crippen LogP contribution in [0.3, 0.4) is 0 Å². The second-order valence-electron chi connectivity index (χ2n) is 4.00. The second-order valence-corrected chi connectivity index (χ2v) is 4.00. The Morgan fingerprint density at radius 2 is 1.89 bits per heavy atom. The predicted molar refractivity (Wildman–Crippen MR) is 72.9 cm³/mol. The van der Waals surface area contributed by atoms with Gasteiger partial charge in [-0.05, 0) is 24.3 Å². The Bertz CT molecular complexity index is 418. The summed E-state index contributed by atoms with van der Waals surface area (Å²) < 4.78 is 4.67. The first kappa shape index (κ1) is 15.1. The van der Waals surface area contributed by atoms with E-state index in [-0.39, 0.29) is 24.8 Å². The predicted octanol–water partition coefficient (Wildman–Crippen LogP) is -0.196. The zero-order chi connectivity index (χ0) is 14.1. The first-order chi connectivity index (χ1) is 9.13. The normalized spacial score (nSPS) is 10.2. The van der Waals surface area contributed by atoms with E-state index in [1.807, 2.05) is 0 Å². The highest BCUT2D eigenvalue weighted by molar-refractivity contribution is 5.97. The topological polar surface area (TPSA) is 93.5 Å². The van der Waals surface area contributed by atoms with Crippen molar-refractivity contribution in [2.75, 3.05) is 39.1 Å². The standard InChI is InChI=1S/C13H19N3O3/c1-19-9-13(18)16-7-6-15-8-12(17)10-2-4-11(14)5-3-10/h2-5,15H,6-9,14H2,1H3,(H,16,18). The van der Waals surface area contributed by atoms with E-state index in [1.165, 1.54) is 7.11 Å². The molecule has 0 bridgehead atoms. The van der Waals surface area contributed by atoms with Gasteiger partial charge in [0, 0.05) is 31.5 Å². The number of amides is 1. The highest BCUT2D eigenvalue weighted by atomic mass is 16.5. The Morgan fingerprint density at radius 3 is 2.53 bits per heavy atom. The molecule has 0 heterocycles. The summed E-state index contributed by atoms with van der Waals surface area (Å²) in [7, 11) is 1.46. The zero-order valence-electron chi connectivity index (χ0n) is 10.9. The number of nitrogens with one attached hydrogen (secondary N) is 2. The van der Waals surface area contributed by atoms with Gasteiger partial charge >= 0.3 is 0 Å². The quantitative estimate of drug-likeness (QED) is 0.344. The van der Waals surface area contributed by atoms with Crippen LogP contribution in [0.1, 0.15) is 10.4 Å². The lowest BCUT2D eigenvalue weighted by atomic mass is 10.1. The number of hydrogen-bond donors (Lipinski definition) is 3. The van der Waals surface area contributed by atoms with Gasteiger partial charge in [-0.25, -0.2) is 0 Å². The van der Waals surface area contributed by atoms with Crippen LogP contribution in [0.2, 0.25) is 0 Å². The van der Waals surface area contributed by atoms with Crippen LogP contribution in [0.15, 0.2) is 24.3 Å². The van der Waals surface area contributed by atoms with E-state index in [0.717, 1.165) is 0 Å². The Morgan fingerprint density at radius 1 is 1.21 bits per heavy atom. The molecule has 19 heavy (non-hydrogen) atoms. The maximum Gasteiger partial charge on any atom is 0.246 e. The number of methoxy groups -OCH3 is 1. The smallest absolute Gasteiger partial charge is 0.246 e. The molecule has 1 rings (SSSR count). The largest absolute Gasteiger partial charge is 0.399 e. The Kier molecular flexibility index (Phi) is 6.56. The second kappa shape index (κ2) is 8.23. The number of carbonyl (C=O) groups is 2. The number of carbonyl (C=O) groups excluding carboxylic acids is 2. The van der Waals surface area contributed by atoms with Gasteiger partial charge in [0.25, 0.3) is 0 Å². The third-order valence-electron chi connectivity index (χ3n) is 2.42. The average molecular weight is 265 g/mol. The molecule has 0 saturated heterocycles. The van der Waals surface area contributed by atoms with E-state index >= 15 is 0 Å². The van der Waals surface area contributed by atoms with Crippen molar-refractivity contribution in [3.8, 4) is 0 Å². The van der Waals surface area contributed by atoms with Crippen LogP contribution in [0.25, 0.3) is 0 Å². The number of ether oxygens (including phenoxy) is 1. The monoisotopic (exact) mass is 265 g/mol. The molecule has 4 N–H and O–H groups in total. The minimum absolute atomic E-state index is 0.0109. The third-order valence-corrected chi connectivity index (χ3v) is 2.42. The van der Waals surface area contributed by atoms with E-state index in [4.69, 9.17) is 5.73 Å². The van der Waals surface area contributed by atoms with Crippen molar-refractivity contribution in [2.45, 2.75) is 0 Å². The molecule has 1 aromatic carbocycles. The molecule has 104 valence electrons. The van der Waals surface area contributed by atoms with Crippen molar-refractivity contribution in [3.63, 3.8) is 0 Å². The highest BCUT2D eigenvalue weighted by Crippen LogP contribution is 2.05. The summed E-state index contributed by atoms with van der Waals surface area (Å²) in [6.07, 6.45) is 0. The van der Waals surface area contributed by atoms with Crippen LogP contribution in [0.4, 0.5) is 5.69 Å². The van der Waals surface area contributed by atoms with Crippen LogP contribution in [0.5, 0.6) is 0 Å². The molecule has 1 aromatic rings. The number of rotatable bonds is 8. The summed E-state index contributed by atoms with van der Waals surface area (Å²) in [6, 6.07) is 6.77. The van der Waals surface area contributed by atoms with Crippen molar-refractivity contribution >= 4 is 17.4 Å². The van der Waals surface area contributed by atoms with Gasteiger partial charge in [-0.1, -0.05) is 0 Å². The summed E-state index contributed by atoms with van der Waals surface area (Å²) >= 11 is 0. The van der Waals surface area contributed by atoms with Crippen LogP contribution >= 0.6 is 0 Å². The van der Waals surface area contributed by atoms with Crippen LogP contribution in [-0.2, 0) is 9.53 Å². The fourth-order valence-electron chi connectivity index (χ4n) is 1.45. The van der Waals surface area contributed by atoms with Crippen molar-refractivity contribution in [2.24, 2.45) is 0 Å². The molecule has 0 aliphatic rings. The number of ketones is 1. The molecule has 0 radical (unpaired) electrons. The molecule has 0 fully saturated rings. The highest BCUT2D eigenvalue weighted by Gasteiger charge is 2.04. The molecule has 1 amide bonds. The zero-order valence-corrected chi connectivity index (χ0v) is 10.9. The molecule has 6 heteroatoms. The molecule has 0 saturated carbocycles. The number of hydrogen-bond acceptors (Lipinski definition) is 5. The van der Waals surface area contributed by atoms with Crippen molar-refractivity contribution in [1.29, 1.82) is 0 Å². The van der Waals surface area contributed by atoms with Crippen molar-refractivity contribution < 1.29 is 14.3 Å². The number of anilines is 1. The summed E-state index contributed by atoms with van der Waals surface area (Å²) in [4.78, 5) is 22.8. The molecule has 0 spiro atoms. The van der Waals surface area contributed by atoms with E-state index < -0.39 is 0 Å². The lowest BCUT2D eigenvalue weighted by Crippen LogP contribution is -2.35. The van der Waals surface area contributed by atoms with E-state index in [0.29, 0.717) is 24.3 Å². The number of nitrogen functional groups attached to an aromatic ring is 1. The van der Waals surface area contributed by atoms with Gasteiger partial charge in [-0.2, -0.15) is 0 Å². The summed E-state index contributed by atoms with van der Waals surface area (Å²) in [5, 5.41) is 5.61. The van der Waals surface area contributed by atoms with Gasteiger partial charge in [0.05, 0.1) is 6.54 Å². The first-order valence-electron chi connectivity index (χ1n) is 5.98. The van der Waals surface area contributed by atoms with Gasteiger partial charge in [0.1, 0.15) is 6.61 Å². The van der Waals surface area contributed by atoms with Crippen molar-refractivity contribution in [3.05, 3.63) is 29.8 Å². The summed E-state index contributed by atoms with van der Waals surface area (Å²) in [5.74, 6) is -0.183. The van der Waals surface area contributed by atoms with Gasteiger partial charge in [0.15, 0.2) is 5.78 Å². The number of benzene rings is 1. The first-order valence-corrected chi connectivity index (χ1v) is 5.98. The molecule has 6 nitrogen and oxygen atoms in total. The van der Waals surface area contributed by atoms with Crippen molar-refractivity contribution in [1.82, 2.24) is 10.6 Å². The molecule has 0 atom stereocenters.